The van der Waals surface area contributed by atoms with Crippen LogP contribution in [-0.4, -0.2) is 37.4 Å². The number of nitrogens with zero attached hydrogens (tertiary/aromatic N) is 4. The van der Waals surface area contributed by atoms with E-state index in [4.69, 9.17) is 5.21 Å². The highest BCUT2D eigenvalue weighted by atomic mass is 16.4. The number of benzene rings is 1. The predicted octanol–water partition coefficient (Wildman–Crippen LogP) is 2.73. The van der Waals surface area contributed by atoms with E-state index < -0.39 is 0 Å². The molecule has 0 spiro atoms. The first kappa shape index (κ1) is 15.5. The van der Waals surface area contributed by atoms with Crippen molar-refractivity contribution in [3.05, 3.63) is 60.0 Å². The van der Waals surface area contributed by atoms with E-state index in [9.17, 15) is 5.11 Å². The van der Waals surface area contributed by atoms with Gasteiger partial charge in [0.1, 0.15) is 0 Å². The summed E-state index contributed by atoms with van der Waals surface area (Å²) in [6.45, 7) is 0.462. The number of fused-ring (bicyclic) bond motifs is 1. The fourth-order valence-corrected chi connectivity index (χ4v) is 3.42. The summed E-state index contributed by atoms with van der Waals surface area (Å²) in [6, 6.07) is 10.1. The highest BCUT2D eigenvalue weighted by Gasteiger charge is 2.21. The van der Waals surface area contributed by atoms with Crippen molar-refractivity contribution in [1.82, 2.24) is 14.8 Å². The number of aliphatic hydroxyl groups is 1. The van der Waals surface area contributed by atoms with E-state index in [2.05, 4.69) is 21.3 Å². The van der Waals surface area contributed by atoms with Crippen molar-refractivity contribution in [3.63, 3.8) is 0 Å². The minimum Gasteiger partial charge on any atom is -0.411 e. The molecule has 2 heterocycles. The first-order valence-electron chi connectivity index (χ1n) is 8.23. The largest absolute Gasteiger partial charge is 0.411 e. The molecular formula is C19H18N4O2. The molecule has 126 valence electrons. The van der Waals surface area contributed by atoms with Gasteiger partial charge >= 0.3 is 0 Å². The molecule has 4 rings (SSSR count). The van der Waals surface area contributed by atoms with Gasteiger partial charge in [-0.05, 0) is 36.1 Å². The maximum atomic E-state index is 9.34. The molecule has 0 amide bonds. The van der Waals surface area contributed by atoms with Gasteiger partial charge in [-0.2, -0.15) is 5.10 Å². The summed E-state index contributed by atoms with van der Waals surface area (Å²) in [6.07, 6.45) is 6.97. The molecule has 0 atom stereocenters. The lowest BCUT2D eigenvalue weighted by Gasteiger charge is -2.10. The van der Waals surface area contributed by atoms with E-state index in [0.717, 1.165) is 46.5 Å². The molecule has 6 heteroatoms. The predicted molar refractivity (Wildman–Crippen MR) is 94.6 cm³/mol. The molecule has 3 aromatic rings. The van der Waals surface area contributed by atoms with Crippen LogP contribution >= 0.6 is 0 Å². The molecule has 0 saturated heterocycles. The van der Waals surface area contributed by atoms with Crippen LogP contribution in [0, 0.1) is 0 Å². The van der Waals surface area contributed by atoms with Crippen LogP contribution in [0.4, 0.5) is 0 Å². The van der Waals surface area contributed by atoms with Crippen molar-refractivity contribution in [2.24, 2.45) is 5.16 Å². The molecule has 1 aromatic carbocycles. The van der Waals surface area contributed by atoms with Crippen molar-refractivity contribution < 1.29 is 10.3 Å². The SMILES string of the molecule is OCCn1ncc(-c2ccc3c(c2)CCC3=NO)c1-c1ccncc1. The molecule has 0 saturated carbocycles. The van der Waals surface area contributed by atoms with Crippen LogP contribution in [0.25, 0.3) is 22.4 Å². The number of pyridine rings is 1. The van der Waals surface area contributed by atoms with Crippen molar-refractivity contribution >= 4 is 5.71 Å². The molecule has 0 aliphatic heterocycles. The standard InChI is InChI=1S/C19H18N4O2/c24-10-9-23-19(13-5-7-20-8-6-13)17(12-21-23)15-1-3-16-14(11-15)2-4-18(16)22-25/h1,3,5-8,11-12,24-25H,2,4,9-10H2. The molecule has 0 bridgehead atoms. The summed E-state index contributed by atoms with van der Waals surface area (Å²) in [7, 11) is 0. The van der Waals surface area contributed by atoms with Crippen LogP contribution in [0.3, 0.4) is 0 Å². The molecule has 1 aliphatic rings. The summed E-state index contributed by atoms with van der Waals surface area (Å²) in [4.78, 5) is 4.08. The maximum Gasteiger partial charge on any atom is 0.0873 e. The third-order valence-corrected chi connectivity index (χ3v) is 4.58. The highest BCUT2D eigenvalue weighted by molar-refractivity contribution is 6.04. The van der Waals surface area contributed by atoms with Crippen LogP contribution in [0.2, 0.25) is 0 Å². The molecule has 6 nitrogen and oxygen atoms in total. The van der Waals surface area contributed by atoms with Crippen LogP contribution in [0.5, 0.6) is 0 Å². The van der Waals surface area contributed by atoms with Gasteiger partial charge in [0.2, 0.25) is 0 Å². The lowest BCUT2D eigenvalue weighted by molar-refractivity contribution is 0.270. The Kier molecular flexibility index (Phi) is 4.03. The smallest absolute Gasteiger partial charge is 0.0873 e. The lowest BCUT2D eigenvalue weighted by atomic mass is 9.98. The van der Waals surface area contributed by atoms with Crippen molar-refractivity contribution in [2.45, 2.75) is 19.4 Å². The van der Waals surface area contributed by atoms with Crippen LogP contribution in [-0.2, 0) is 13.0 Å². The number of rotatable bonds is 4. The first-order chi connectivity index (χ1) is 12.3. The van der Waals surface area contributed by atoms with Crippen LogP contribution in [0.1, 0.15) is 17.5 Å². The maximum absolute atomic E-state index is 9.34. The van der Waals surface area contributed by atoms with Gasteiger partial charge in [-0.3, -0.25) is 9.67 Å². The summed E-state index contributed by atoms with van der Waals surface area (Å²) in [5, 5.41) is 26.3. The summed E-state index contributed by atoms with van der Waals surface area (Å²) in [5.41, 5.74) is 6.98. The first-order valence-corrected chi connectivity index (χ1v) is 8.23. The zero-order valence-corrected chi connectivity index (χ0v) is 13.6. The van der Waals surface area contributed by atoms with E-state index >= 15 is 0 Å². The number of hydrogen-bond acceptors (Lipinski definition) is 5. The zero-order chi connectivity index (χ0) is 17.2. The van der Waals surface area contributed by atoms with Gasteiger partial charge in [0.25, 0.3) is 0 Å². The number of oxime groups is 1. The van der Waals surface area contributed by atoms with E-state index in [0.29, 0.717) is 6.54 Å². The summed E-state index contributed by atoms with van der Waals surface area (Å²) < 4.78 is 1.82. The normalized spacial score (nSPS) is 14.8. The lowest BCUT2D eigenvalue weighted by Crippen LogP contribution is -2.05. The van der Waals surface area contributed by atoms with Crippen molar-refractivity contribution in [1.29, 1.82) is 0 Å². The Labute approximate surface area is 145 Å². The van der Waals surface area contributed by atoms with Gasteiger partial charge in [0.15, 0.2) is 0 Å². The van der Waals surface area contributed by atoms with Gasteiger partial charge in [-0.15, -0.1) is 0 Å². The third-order valence-electron chi connectivity index (χ3n) is 4.58. The summed E-state index contributed by atoms with van der Waals surface area (Å²) in [5.74, 6) is 0. The quantitative estimate of drug-likeness (QED) is 0.568. The second-order valence-electron chi connectivity index (χ2n) is 6.01. The second-order valence-corrected chi connectivity index (χ2v) is 6.01. The molecule has 0 fully saturated rings. The van der Waals surface area contributed by atoms with Crippen molar-refractivity contribution in [3.8, 4) is 22.4 Å². The average Bonchev–Trinajstić information content (AvgIpc) is 3.26. The molecule has 1 aliphatic carbocycles. The molecule has 2 aromatic heterocycles. The monoisotopic (exact) mass is 334 g/mol. The van der Waals surface area contributed by atoms with Crippen molar-refractivity contribution in [2.75, 3.05) is 6.61 Å². The Morgan fingerprint density at radius 3 is 2.64 bits per heavy atom. The Hall–Kier alpha value is -2.99. The Bertz CT molecular complexity index is 932. The van der Waals surface area contributed by atoms with E-state index in [1.165, 1.54) is 5.56 Å². The van der Waals surface area contributed by atoms with Gasteiger partial charge in [0, 0.05) is 29.1 Å². The average molecular weight is 334 g/mol. The fourth-order valence-electron chi connectivity index (χ4n) is 3.42. The summed E-state index contributed by atoms with van der Waals surface area (Å²) >= 11 is 0. The Morgan fingerprint density at radius 2 is 1.88 bits per heavy atom. The van der Waals surface area contributed by atoms with Gasteiger partial charge < -0.3 is 10.3 Å². The number of aliphatic hydroxyl groups excluding tert-OH is 1. The van der Waals surface area contributed by atoms with Crippen LogP contribution in [0.15, 0.2) is 54.1 Å². The fraction of sp³-hybridized carbons (Fsp3) is 0.211. The van der Waals surface area contributed by atoms with Gasteiger partial charge in [-0.1, -0.05) is 23.4 Å². The molecular weight excluding hydrogens is 316 g/mol. The Balaban J connectivity index is 1.84. The van der Waals surface area contributed by atoms with E-state index in [1.54, 1.807) is 12.4 Å². The van der Waals surface area contributed by atoms with Gasteiger partial charge in [-0.25, -0.2) is 0 Å². The molecule has 0 radical (unpaired) electrons. The topological polar surface area (TPSA) is 83.5 Å². The third kappa shape index (κ3) is 2.70. The van der Waals surface area contributed by atoms with E-state index in [-0.39, 0.29) is 6.61 Å². The highest BCUT2D eigenvalue weighted by Crippen LogP contribution is 2.34. The van der Waals surface area contributed by atoms with Gasteiger partial charge in [0.05, 0.1) is 30.8 Å². The van der Waals surface area contributed by atoms with Crippen LogP contribution < -0.4 is 0 Å². The number of hydrogen-bond donors (Lipinski definition) is 2. The molecule has 25 heavy (non-hydrogen) atoms. The minimum atomic E-state index is 0.0275. The number of aromatic nitrogens is 3. The molecule has 2 N–H and O–H groups in total. The zero-order valence-electron chi connectivity index (χ0n) is 13.6. The number of aryl methyl sites for hydroxylation is 1. The molecule has 0 unspecified atom stereocenters. The second kappa shape index (κ2) is 6.49. The minimum absolute atomic E-state index is 0.0275. The van der Waals surface area contributed by atoms with E-state index in [1.807, 2.05) is 35.1 Å². The Morgan fingerprint density at radius 1 is 1.04 bits per heavy atom.